The second-order valence-corrected chi connectivity index (χ2v) is 4.74. The van der Waals surface area contributed by atoms with Gasteiger partial charge in [0.25, 0.3) is 0 Å². The van der Waals surface area contributed by atoms with E-state index in [1.807, 2.05) is 30.3 Å². The number of hydrazone groups is 1. The number of thiocarbonyl (C=S) groups is 1. The zero-order valence-corrected chi connectivity index (χ0v) is 12.6. The number of carbonyl (C=O) groups is 1. The Labute approximate surface area is 132 Å². The van der Waals surface area contributed by atoms with Crippen molar-refractivity contribution in [2.24, 2.45) is 5.10 Å². The van der Waals surface area contributed by atoms with Crippen LogP contribution in [0.5, 0.6) is 0 Å². The molecular formula is C15H14N4O2S. The first-order chi connectivity index (χ1) is 10.6. The minimum absolute atomic E-state index is 0.0903. The number of aromatic nitrogens is 1. The minimum Gasteiger partial charge on any atom is -0.478 e. The fourth-order valence-electron chi connectivity index (χ4n) is 1.73. The van der Waals surface area contributed by atoms with Gasteiger partial charge in [0.2, 0.25) is 0 Å². The van der Waals surface area contributed by atoms with Crippen LogP contribution in [0, 0.1) is 0 Å². The molecule has 1 aromatic heterocycles. The zero-order valence-electron chi connectivity index (χ0n) is 11.8. The number of carboxylic acids is 1. The van der Waals surface area contributed by atoms with Crippen molar-refractivity contribution in [2.75, 3.05) is 5.32 Å². The smallest absolute Gasteiger partial charge is 0.337 e. The molecule has 112 valence electrons. The van der Waals surface area contributed by atoms with Crippen molar-refractivity contribution < 1.29 is 9.90 Å². The fourth-order valence-corrected chi connectivity index (χ4v) is 1.90. The van der Waals surface area contributed by atoms with E-state index in [-0.39, 0.29) is 5.56 Å². The summed E-state index contributed by atoms with van der Waals surface area (Å²) in [6, 6.07) is 12.4. The molecule has 2 rings (SSSR count). The Morgan fingerprint density at radius 3 is 2.64 bits per heavy atom. The van der Waals surface area contributed by atoms with Crippen LogP contribution in [0.15, 0.2) is 53.8 Å². The highest BCUT2D eigenvalue weighted by Gasteiger charge is 2.12. The molecule has 0 aliphatic rings. The van der Waals surface area contributed by atoms with Crippen LogP contribution < -0.4 is 10.7 Å². The fraction of sp³-hybridized carbons (Fsp3) is 0.0667. The zero-order chi connectivity index (χ0) is 15.9. The van der Waals surface area contributed by atoms with E-state index >= 15 is 0 Å². The van der Waals surface area contributed by atoms with Gasteiger partial charge in [-0.1, -0.05) is 18.2 Å². The van der Waals surface area contributed by atoms with Crippen molar-refractivity contribution in [3.05, 3.63) is 59.9 Å². The van der Waals surface area contributed by atoms with E-state index in [2.05, 4.69) is 20.8 Å². The van der Waals surface area contributed by atoms with E-state index in [9.17, 15) is 4.79 Å². The molecule has 1 aromatic carbocycles. The number of hydrogen-bond donors (Lipinski definition) is 3. The highest BCUT2D eigenvalue weighted by atomic mass is 32.1. The van der Waals surface area contributed by atoms with Gasteiger partial charge in [-0.3, -0.25) is 10.4 Å². The van der Waals surface area contributed by atoms with E-state index in [1.165, 1.54) is 12.3 Å². The van der Waals surface area contributed by atoms with Gasteiger partial charge in [0.1, 0.15) is 5.69 Å². The lowest BCUT2D eigenvalue weighted by Crippen LogP contribution is -2.25. The summed E-state index contributed by atoms with van der Waals surface area (Å²) in [4.78, 5) is 15.2. The second-order valence-electron chi connectivity index (χ2n) is 4.33. The van der Waals surface area contributed by atoms with Crippen LogP contribution in [0.1, 0.15) is 23.0 Å². The lowest BCUT2D eigenvalue weighted by Gasteiger charge is -2.08. The predicted molar refractivity (Wildman–Crippen MR) is 89.2 cm³/mol. The van der Waals surface area contributed by atoms with Crippen molar-refractivity contribution >= 4 is 34.7 Å². The minimum atomic E-state index is -1.05. The molecule has 0 amide bonds. The largest absolute Gasteiger partial charge is 0.478 e. The summed E-state index contributed by atoms with van der Waals surface area (Å²) in [7, 11) is 0. The van der Waals surface area contributed by atoms with Gasteiger partial charge in [-0.2, -0.15) is 5.10 Å². The standard InChI is InChI=1S/C15H14N4O2S/c1-10(13-12(14(20)21)8-5-9-16-13)18-19-15(22)17-11-6-3-2-4-7-11/h2-9H,1H3,(H,20,21)(H2,17,19,22). The number of benzene rings is 1. The molecular weight excluding hydrogens is 300 g/mol. The van der Waals surface area contributed by atoms with E-state index in [1.54, 1.807) is 13.0 Å². The van der Waals surface area contributed by atoms with Gasteiger partial charge in [-0.05, 0) is 43.4 Å². The maximum atomic E-state index is 11.2. The number of nitrogens with zero attached hydrogens (tertiary/aromatic N) is 2. The van der Waals surface area contributed by atoms with Crippen LogP contribution >= 0.6 is 12.2 Å². The van der Waals surface area contributed by atoms with Gasteiger partial charge in [-0.15, -0.1) is 0 Å². The summed E-state index contributed by atoms with van der Waals surface area (Å²) >= 11 is 5.12. The maximum absolute atomic E-state index is 11.2. The molecule has 0 spiro atoms. The first-order valence-electron chi connectivity index (χ1n) is 6.43. The molecule has 22 heavy (non-hydrogen) atoms. The molecule has 3 N–H and O–H groups in total. The molecule has 0 unspecified atom stereocenters. The van der Waals surface area contributed by atoms with Crippen molar-refractivity contribution in [1.29, 1.82) is 0 Å². The van der Waals surface area contributed by atoms with Gasteiger partial charge in [0, 0.05) is 11.9 Å². The van der Waals surface area contributed by atoms with Gasteiger partial charge < -0.3 is 10.4 Å². The van der Waals surface area contributed by atoms with Crippen molar-refractivity contribution in [3.63, 3.8) is 0 Å². The monoisotopic (exact) mass is 314 g/mol. The summed E-state index contributed by atoms with van der Waals surface area (Å²) in [5.74, 6) is -1.05. The average molecular weight is 314 g/mol. The Hall–Kier alpha value is -2.80. The van der Waals surface area contributed by atoms with E-state index in [4.69, 9.17) is 17.3 Å². The van der Waals surface area contributed by atoms with Crippen LogP contribution in [0.25, 0.3) is 0 Å². The molecule has 1 heterocycles. The third kappa shape index (κ3) is 4.10. The number of para-hydroxylation sites is 1. The summed E-state index contributed by atoms with van der Waals surface area (Å²) in [6.07, 6.45) is 1.52. The second kappa shape index (κ2) is 7.28. The Morgan fingerprint density at radius 1 is 1.23 bits per heavy atom. The summed E-state index contributed by atoms with van der Waals surface area (Å²) in [5.41, 5.74) is 4.31. The van der Waals surface area contributed by atoms with Crippen LogP contribution in [0.2, 0.25) is 0 Å². The molecule has 0 saturated carbocycles. The van der Waals surface area contributed by atoms with Gasteiger partial charge >= 0.3 is 5.97 Å². The Balaban J connectivity index is 2.07. The van der Waals surface area contributed by atoms with E-state index in [0.29, 0.717) is 16.5 Å². The lowest BCUT2D eigenvalue weighted by molar-refractivity contribution is 0.0696. The van der Waals surface area contributed by atoms with Crippen molar-refractivity contribution in [1.82, 2.24) is 10.4 Å². The number of aromatic carboxylic acids is 1. The topological polar surface area (TPSA) is 86.6 Å². The summed E-state index contributed by atoms with van der Waals surface area (Å²) < 4.78 is 0. The van der Waals surface area contributed by atoms with Gasteiger partial charge in [-0.25, -0.2) is 4.79 Å². The molecule has 0 atom stereocenters. The number of rotatable bonds is 4. The molecule has 6 nitrogen and oxygen atoms in total. The van der Waals surface area contributed by atoms with Crippen molar-refractivity contribution in [3.8, 4) is 0 Å². The first-order valence-corrected chi connectivity index (χ1v) is 6.84. The number of nitrogens with one attached hydrogen (secondary N) is 2. The molecule has 0 bridgehead atoms. The SMILES string of the molecule is CC(=NNC(=S)Nc1ccccc1)c1ncccc1C(=O)O. The number of carboxylic acid groups (broad SMARTS) is 1. The van der Waals surface area contributed by atoms with Crippen LogP contribution in [0.3, 0.4) is 0 Å². The highest BCUT2D eigenvalue weighted by molar-refractivity contribution is 7.80. The van der Waals surface area contributed by atoms with Crippen LogP contribution in [-0.4, -0.2) is 26.9 Å². The normalized spacial score (nSPS) is 10.9. The molecule has 2 aromatic rings. The first kappa shape index (κ1) is 15.6. The number of anilines is 1. The van der Waals surface area contributed by atoms with Crippen LogP contribution in [0.4, 0.5) is 5.69 Å². The summed E-state index contributed by atoms with van der Waals surface area (Å²) in [5, 5.41) is 16.5. The van der Waals surface area contributed by atoms with Crippen LogP contribution in [-0.2, 0) is 0 Å². The Bertz CT molecular complexity index is 716. The molecule has 0 radical (unpaired) electrons. The predicted octanol–water partition coefficient (Wildman–Crippen LogP) is 2.49. The molecule has 7 heteroatoms. The molecule has 0 aliphatic carbocycles. The number of hydrogen-bond acceptors (Lipinski definition) is 4. The molecule has 0 saturated heterocycles. The van der Waals surface area contributed by atoms with Gasteiger partial charge in [0.15, 0.2) is 5.11 Å². The Morgan fingerprint density at radius 2 is 1.95 bits per heavy atom. The number of pyridine rings is 1. The summed E-state index contributed by atoms with van der Waals surface area (Å²) in [6.45, 7) is 1.66. The molecule has 0 fully saturated rings. The lowest BCUT2D eigenvalue weighted by atomic mass is 10.1. The van der Waals surface area contributed by atoms with E-state index in [0.717, 1.165) is 5.69 Å². The highest BCUT2D eigenvalue weighted by Crippen LogP contribution is 2.07. The van der Waals surface area contributed by atoms with E-state index < -0.39 is 5.97 Å². The Kier molecular flexibility index (Phi) is 5.16. The third-order valence-corrected chi connectivity index (χ3v) is 2.93. The maximum Gasteiger partial charge on any atom is 0.337 e. The average Bonchev–Trinajstić information content (AvgIpc) is 2.53. The van der Waals surface area contributed by atoms with Crippen molar-refractivity contribution in [2.45, 2.75) is 6.92 Å². The third-order valence-electron chi connectivity index (χ3n) is 2.74. The molecule has 0 aliphatic heterocycles. The quantitative estimate of drug-likeness (QED) is 0.457. The van der Waals surface area contributed by atoms with Gasteiger partial charge in [0.05, 0.1) is 11.3 Å².